The molecule has 0 unspecified atom stereocenters. The average molecular weight is 295 g/mol. The molecular formula is C16H13N3O3. The Morgan fingerprint density at radius 2 is 1.86 bits per heavy atom. The summed E-state index contributed by atoms with van der Waals surface area (Å²) in [5, 5.41) is 12.3. The SMILES string of the molecule is O=C(O)Cc1ccc(Nc2nc3ccccc3c(=O)[nH]2)cc1. The van der Waals surface area contributed by atoms with E-state index in [0.29, 0.717) is 28.1 Å². The summed E-state index contributed by atoms with van der Waals surface area (Å²) in [6, 6.07) is 14.0. The average Bonchev–Trinajstić information content (AvgIpc) is 2.49. The lowest BCUT2D eigenvalue weighted by Gasteiger charge is -2.07. The highest BCUT2D eigenvalue weighted by atomic mass is 16.4. The van der Waals surface area contributed by atoms with Gasteiger partial charge in [-0.15, -0.1) is 0 Å². The van der Waals surface area contributed by atoms with Crippen molar-refractivity contribution in [3.8, 4) is 0 Å². The van der Waals surface area contributed by atoms with E-state index in [4.69, 9.17) is 5.11 Å². The summed E-state index contributed by atoms with van der Waals surface area (Å²) >= 11 is 0. The molecule has 6 nitrogen and oxygen atoms in total. The summed E-state index contributed by atoms with van der Waals surface area (Å²) in [7, 11) is 0. The van der Waals surface area contributed by atoms with E-state index in [9.17, 15) is 9.59 Å². The van der Waals surface area contributed by atoms with E-state index in [0.717, 1.165) is 0 Å². The number of aliphatic carboxylic acids is 1. The van der Waals surface area contributed by atoms with Crippen molar-refractivity contribution in [2.45, 2.75) is 6.42 Å². The number of carboxylic acids is 1. The van der Waals surface area contributed by atoms with Crippen molar-refractivity contribution in [1.82, 2.24) is 9.97 Å². The summed E-state index contributed by atoms with van der Waals surface area (Å²) in [5.74, 6) is -0.532. The molecule has 0 atom stereocenters. The number of anilines is 2. The number of hydrogen-bond acceptors (Lipinski definition) is 4. The van der Waals surface area contributed by atoms with Crippen LogP contribution in [0.25, 0.3) is 10.9 Å². The number of benzene rings is 2. The van der Waals surface area contributed by atoms with Crippen LogP contribution in [-0.4, -0.2) is 21.0 Å². The molecule has 0 aliphatic carbocycles. The minimum atomic E-state index is -0.874. The molecule has 0 radical (unpaired) electrons. The van der Waals surface area contributed by atoms with E-state index >= 15 is 0 Å². The number of hydrogen-bond donors (Lipinski definition) is 3. The smallest absolute Gasteiger partial charge is 0.307 e. The minimum Gasteiger partial charge on any atom is -0.481 e. The summed E-state index contributed by atoms with van der Waals surface area (Å²) in [6.45, 7) is 0. The minimum absolute atomic E-state index is 0.0225. The molecule has 0 spiro atoms. The van der Waals surface area contributed by atoms with Gasteiger partial charge in [0.1, 0.15) is 0 Å². The first-order valence-electron chi connectivity index (χ1n) is 6.68. The zero-order valence-corrected chi connectivity index (χ0v) is 11.5. The molecule has 6 heteroatoms. The highest BCUT2D eigenvalue weighted by molar-refractivity contribution is 5.78. The number of H-pyrrole nitrogens is 1. The molecule has 0 amide bonds. The zero-order valence-electron chi connectivity index (χ0n) is 11.5. The third-order valence-electron chi connectivity index (χ3n) is 3.18. The Morgan fingerprint density at radius 1 is 1.14 bits per heavy atom. The molecule has 3 N–H and O–H groups in total. The van der Waals surface area contributed by atoms with Crippen molar-refractivity contribution < 1.29 is 9.90 Å². The molecule has 0 saturated heterocycles. The summed E-state index contributed by atoms with van der Waals surface area (Å²) in [4.78, 5) is 29.6. The van der Waals surface area contributed by atoms with Crippen molar-refractivity contribution >= 4 is 28.5 Å². The quantitative estimate of drug-likeness (QED) is 0.686. The van der Waals surface area contributed by atoms with Gasteiger partial charge in [-0.1, -0.05) is 24.3 Å². The van der Waals surface area contributed by atoms with Crippen LogP contribution < -0.4 is 10.9 Å². The molecule has 0 aliphatic heterocycles. The lowest BCUT2D eigenvalue weighted by atomic mass is 10.1. The van der Waals surface area contributed by atoms with E-state index in [1.165, 1.54) is 0 Å². The third kappa shape index (κ3) is 2.95. The number of aromatic amines is 1. The molecule has 2 aromatic carbocycles. The predicted molar refractivity (Wildman–Crippen MR) is 83.4 cm³/mol. The van der Waals surface area contributed by atoms with Crippen molar-refractivity contribution in [3.05, 3.63) is 64.4 Å². The van der Waals surface area contributed by atoms with Crippen LogP contribution in [0.1, 0.15) is 5.56 Å². The Bertz CT molecular complexity index is 885. The van der Waals surface area contributed by atoms with Crippen molar-refractivity contribution in [1.29, 1.82) is 0 Å². The first-order chi connectivity index (χ1) is 10.6. The molecule has 1 aromatic heterocycles. The van der Waals surface area contributed by atoms with Crippen LogP contribution in [0.4, 0.5) is 11.6 Å². The van der Waals surface area contributed by atoms with Crippen LogP contribution in [0.2, 0.25) is 0 Å². The highest BCUT2D eigenvalue weighted by Crippen LogP contribution is 2.15. The van der Waals surface area contributed by atoms with E-state index in [-0.39, 0.29) is 12.0 Å². The Labute approximate surface area is 125 Å². The normalized spacial score (nSPS) is 10.5. The lowest BCUT2D eigenvalue weighted by molar-refractivity contribution is -0.136. The fourth-order valence-electron chi connectivity index (χ4n) is 2.16. The number of carboxylic acid groups (broad SMARTS) is 1. The third-order valence-corrected chi connectivity index (χ3v) is 3.18. The molecule has 3 aromatic rings. The number of carbonyl (C=O) groups is 1. The zero-order chi connectivity index (χ0) is 15.5. The van der Waals surface area contributed by atoms with Crippen molar-refractivity contribution in [3.63, 3.8) is 0 Å². The topological polar surface area (TPSA) is 95.1 Å². The van der Waals surface area contributed by atoms with Gasteiger partial charge in [0.25, 0.3) is 5.56 Å². The molecule has 0 fully saturated rings. The Kier molecular flexibility index (Phi) is 3.57. The number of fused-ring (bicyclic) bond motifs is 1. The lowest BCUT2D eigenvalue weighted by Crippen LogP contribution is -2.11. The van der Waals surface area contributed by atoms with Gasteiger partial charge >= 0.3 is 5.97 Å². The largest absolute Gasteiger partial charge is 0.481 e. The first-order valence-corrected chi connectivity index (χ1v) is 6.68. The number of rotatable bonds is 4. The number of nitrogens with zero attached hydrogens (tertiary/aromatic N) is 1. The van der Waals surface area contributed by atoms with Gasteiger partial charge in [-0.3, -0.25) is 14.6 Å². The van der Waals surface area contributed by atoms with Gasteiger partial charge in [0.05, 0.1) is 17.3 Å². The van der Waals surface area contributed by atoms with Crippen LogP contribution in [0, 0.1) is 0 Å². The molecule has 22 heavy (non-hydrogen) atoms. The van der Waals surface area contributed by atoms with Gasteiger partial charge in [0.2, 0.25) is 5.95 Å². The van der Waals surface area contributed by atoms with Gasteiger partial charge in [0, 0.05) is 5.69 Å². The monoisotopic (exact) mass is 295 g/mol. The Balaban J connectivity index is 1.86. The Morgan fingerprint density at radius 3 is 2.59 bits per heavy atom. The molecule has 110 valence electrons. The number of aromatic nitrogens is 2. The molecule has 0 aliphatic rings. The number of para-hydroxylation sites is 1. The highest BCUT2D eigenvalue weighted by Gasteiger charge is 2.04. The van der Waals surface area contributed by atoms with Crippen LogP contribution in [0.5, 0.6) is 0 Å². The van der Waals surface area contributed by atoms with Crippen LogP contribution in [-0.2, 0) is 11.2 Å². The van der Waals surface area contributed by atoms with Gasteiger partial charge < -0.3 is 10.4 Å². The fourth-order valence-corrected chi connectivity index (χ4v) is 2.16. The Hall–Kier alpha value is -3.15. The van der Waals surface area contributed by atoms with E-state index in [2.05, 4.69) is 15.3 Å². The van der Waals surface area contributed by atoms with Gasteiger partial charge in [-0.25, -0.2) is 4.98 Å². The first kappa shape index (κ1) is 13.8. The molecule has 0 saturated carbocycles. The van der Waals surface area contributed by atoms with Crippen LogP contribution in [0.3, 0.4) is 0 Å². The molecular weight excluding hydrogens is 282 g/mol. The standard InChI is InChI=1S/C16H13N3O3/c20-14(21)9-10-5-7-11(8-6-10)17-16-18-13-4-2-1-3-12(13)15(22)19-16/h1-8H,9H2,(H,20,21)(H2,17,18,19,22). The second-order valence-electron chi connectivity index (χ2n) is 4.82. The second-order valence-corrected chi connectivity index (χ2v) is 4.82. The van der Waals surface area contributed by atoms with E-state index in [1.54, 1.807) is 42.5 Å². The maximum atomic E-state index is 12.0. The molecule has 1 heterocycles. The van der Waals surface area contributed by atoms with Crippen LogP contribution in [0.15, 0.2) is 53.3 Å². The van der Waals surface area contributed by atoms with Gasteiger partial charge in [-0.2, -0.15) is 0 Å². The van der Waals surface area contributed by atoms with E-state index < -0.39 is 5.97 Å². The summed E-state index contributed by atoms with van der Waals surface area (Å²) in [5.41, 5.74) is 1.82. The second kappa shape index (κ2) is 5.69. The molecule has 0 bridgehead atoms. The molecule has 3 rings (SSSR count). The van der Waals surface area contributed by atoms with E-state index in [1.807, 2.05) is 6.07 Å². The maximum absolute atomic E-state index is 12.0. The van der Waals surface area contributed by atoms with Gasteiger partial charge in [-0.05, 0) is 29.8 Å². The summed E-state index contributed by atoms with van der Waals surface area (Å²) in [6.07, 6.45) is -0.0225. The van der Waals surface area contributed by atoms with Crippen molar-refractivity contribution in [2.75, 3.05) is 5.32 Å². The summed E-state index contributed by atoms with van der Waals surface area (Å²) < 4.78 is 0. The fraction of sp³-hybridized carbons (Fsp3) is 0.0625. The van der Waals surface area contributed by atoms with Gasteiger partial charge in [0.15, 0.2) is 0 Å². The maximum Gasteiger partial charge on any atom is 0.307 e. The number of nitrogens with one attached hydrogen (secondary N) is 2. The van der Waals surface area contributed by atoms with Crippen molar-refractivity contribution in [2.24, 2.45) is 0 Å². The predicted octanol–water partition coefficient (Wildman–Crippen LogP) is 2.29. The van der Waals surface area contributed by atoms with Crippen LogP contribution >= 0.6 is 0 Å².